The third-order valence-electron chi connectivity index (χ3n) is 4.32. The summed E-state index contributed by atoms with van der Waals surface area (Å²) in [5.41, 5.74) is 2.15. The van der Waals surface area contributed by atoms with Crippen LogP contribution in [0.2, 0.25) is 0 Å². The number of sulfonamides is 1. The second-order valence-corrected chi connectivity index (χ2v) is 8.76. The first-order valence-electron chi connectivity index (χ1n) is 9.21. The topological polar surface area (TPSA) is 84.9 Å². The van der Waals surface area contributed by atoms with Crippen LogP contribution >= 0.6 is 0 Å². The van der Waals surface area contributed by atoms with E-state index < -0.39 is 15.9 Å². The van der Waals surface area contributed by atoms with Crippen LogP contribution in [0.4, 0.5) is 5.69 Å². The average Bonchev–Trinajstić information content (AvgIpc) is 2.67. The molecule has 29 heavy (non-hydrogen) atoms. The highest BCUT2D eigenvalue weighted by molar-refractivity contribution is 7.93. The van der Waals surface area contributed by atoms with E-state index in [0.717, 1.165) is 15.4 Å². The minimum atomic E-state index is -4.06. The first-order chi connectivity index (χ1) is 13.7. The van der Waals surface area contributed by atoms with E-state index in [1.165, 1.54) is 14.2 Å². The summed E-state index contributed by atoms with van der Waals surface area (Å²) in [6.07, 6.45) is 0. The summed E-state index contributed by atoms with van der Waals surface area (Å²) in [6, 6.07) is 11.6. The molecule has 158 valence electrons. The molecule has 2 rings (SSSR count). The van der Waals surface area contributed by atoms with Crippen LogP contribution in [0.15, 0.2) is 47.4 Å². The van der Waals surface area contributed by atoms with Gasteiger partial charge in [-0.05, 0) is 50.6 Å². The quantitative estimate of drug-likeness (QED) is 0.674. The van der Waals surface area contributed by atoms with Gasteiger partial charge >= 0.3 is 0 Å². The molecule has 1 atom stereocenters. The molecule has 0 radical (unpaired) electrons. The number of nitrogens with zero attached hydrogens (tertiary/aromatic N) is 1. The SMILES string of the molecule is COC[C@H](C)NC(=O)CN(c1ccc(C)cc1)S(=O)(=O)c1cc(C)ccc1OC. The standard InChI is InChI=1S/C21H28N2O5S/c1-15-6-9-18(10-7-15)23(13-21(24)22-17(3)14-27-4)29(25,26)20-12-16(2)8-11-19(20)28-5/h6-12,17H,13-14H2,1-5H3,(H,22,24)/t17-/m0/s1. The molecule has 0 heterocycles. The summed E-state index contributed by atoms with van der Waals surface area (Å²) in [7, 11) is -1.11. The van der Waals surface area contributed by atoms with Crippen molar-refractivity contribution >= 4 is 21.6 Å². The Balaban J connectivity index is 2.48. The van der Waals surface area contributed by atoms with Gasteiger partial charge in [-0.3, -0.25) is 9.10 Å². The molecule has 1 amide bonds. The van der Waals surface area contributed by atoms with Crippen LogP contribution in [-0.2, 0) is 19.6 Å². The van der Waals surface area contributed by atoms with Crippen LogP contribution in [0.25, 0.3) is 0 Å². The molecule has 0 aliphatic carbocycles. The van der Waals surface area contributed by atoms with Gasteiger partial charge in [0.15, 0.2) is 0 Å². The lowest BCUT2D eigenvalue weighted by atomic mass is 10.2. The van der Waals surface area contributed by atoms with Crippen LogP contribution < -0.4 is 14.4 Å². The van der Waals surface area contributed by atoms with Crippen molar-refractivity contribution in [3.05, 3.63) is 53.6 Å². The van der Waals surface area contributed by atoms with Crippen molar-refractivity contribution < 1.29 is 22.7 Å². The first kappa shape index (κ1) is 22.7. The molecular formula is C21H28N2O5S. The van der Waals surface area contributed by atoms with Crippen molar-refractivity contribution in [1.29, 1.82) is 0 Å². The van der Waals surface area contributed by atoms with Gasteiger partial charge in [0.1, 0.15) is 17.2 Å². The van der Waals surface area contributed by atoms with Gasteiger partial charge in [-0.1, -0.05) is 23.8 Å². The van der Waals surface area contributed by atoms with Crippen LogP contribution in [0.3, 0.4) is 0 Å². The number of ether oxygens (including phenoxy) is 2. The van der Waals surface area contributed by atoms with Gasteiger partial charge in [0.25, 0.3) is 10.0 Å². The van der Waals surface area contributed by atoms with E-state index in [1.54, 1.807) is 56.3 Å². The number of carbonyl (C=O) groups is 1. The molecule has 1 N–H and O–H groups in total. The summed E-state index contributed by atoms with van der Waals surface area (Å²) in [5.74, 6) is -0.203. The average molecular weight is 421 g/mol. The zero-order chi connectivity index (χ0) is 21.6. The fourth-order valence-electron chi connectivity index (χ4n) is 2.87. The van der Waals surface area contributed by atoms with Crippen LogP contribution in [0, 0.1) is 13.8 Å². The molecule has 0 saturated carbocycles. The Morgan fingerprint density at radius 3 is 2.28 bits per heavy atom. The summed E-state index contributed by atoms with van der Waals surface area (Å²) < 4.78 is 38.5. The van der Waals surface area contributed by atoms with E-state index in [9.17, 15) is 13.2 Å². The Morgan fingerprint density at radius 2 is 1.69 bits per heavy atom. The Morgan fingerprint density at radius 1 is 1.07 bits per heavy atom. The molecule has 7 nitrogen and oxygen atoms in total. The van der Waals surface area contributed by atoms with Crippen molar-refractivity contribution in [2.24, 2.45) is 0 Å². The van der Waals surface area contributed by atoms with Gasteiger partial charge in [-0.15, -0.1) is 0 Å². The molecule has 8 heteroatoms. The van der Waals surface area contributed by atoms with Crippen LogP contribution in [0.1, 0.15) is 18.1 Å². The lowest BCUT2D eigenvalue weighted by molar-refractivity contribution is -0.120. The van der Waals surface area contributed by atoms with Gasteiger partial charge in [-0.2, -0.15) is 0 Å². The highest BCUT2D eigenvalue weighted by Gasteiger charge is 2.30. The van der Waals surface area contributed by atoms with Crippen LogP contribution in [-0.4, -0.2) is 47.7 Å². The van der Waals surface area contributed by atoms with Gasteiger partial charge in [0.2, 0.25) is 5.91 Å². The van der Waals surface area contributed by atoms with Crippen molar-refractivity contribution in [3.8, 4) is 5.75 Å². The van der Waals surface area contributed by atoms with Crippen molar-refractivity contribution in [2.45, 2.75) is 31.7 Å². The van der Waals surface area contributed by atoms with E-state index in [0.29, 0.717) is 12.3 Å². The number of aryl methyl sites for hydroxylation is 2. The lowest BCUT2D eigenvalue weighted by Crippen LogP contribution is -2.44. The molecule has 2 aromatic carbocycles. The zero-order valence-corrected chi connectivity index (χ0v) is 18.2. The molecule has 0 aliphatic rings. The first-order valence-corrected chi connectivity index (χ1v) is 10.7. The predicted octanol–water partition coefficient (Wildman–Crippen LogP) is 2.66. The minimum Gasteiger partial charge on any atom is -0.495 e. The normalized spacial score (nSPS) is 12.3. The molecule has 0 aromatic heterocycles. The number of rotatable bonds is 9. The second kappa shape index (κ2) is 9.76. The van der Waals surface area contributed by atoms with Gasteiger partial charge in [-0.25, -0.2) is 8.42 Å². The highest BCUT2D eigenvalue weighted by Crippen LogP contribution is 2.31. The number of anilines is 1. The molecular weight excluding hydrogens is 392 g/mol. The molecule has 0 aliphatic heterocycles. The van der Waals surface area contributed by atoms with E-state index in [1.807, 2.05) is 6.92 Å². The highest BCUT2D eigenvalue weighted by atomic mass is 32.2. The Bertz CT molecular complexity index is 942. The molecule has 0 spiro atoms. The number of amides is 1. The maximum absolute atomic E-state index is 13.5. The number of hydrogen-bond acceptors (Lipinski definition) is 5. The Kier molecular flexibility index (Phi) is 7.64. The number of carbonyl (C=O) groups excluding carboxylic acids is 1. The smallest absolute Gasteiger partial charge is 0.268 e. The van der Waals surface area contributed by atoms with E-state index >= 15 is 0 Å². The molecule has 0 saturated heterocycles. The van der Waals surface area contributed by atoms with Gasteiger partial charge < -0.3 is 14.8 Å². The third kappa shape index (κ3) is 5.71. The zero-order valence-electron chi connectivity index (χ0n) is 17.4. The van der Waals surface area contributed by atoms with Crippen molar-refractivity contribution in [3.63, 3.8) is 0 Å². The van der Waals surface area contributed by atoms with E-state index in [-0.39, 0.29) is 23.2 Å². The maximum atomic E-state index is 13.5. The van der Waals surface area contributed by atoms with Gasteiger partial charge in [0.05, 0.1) is 19.4 Å². The summed E-state index contributed by atoms with van der Waals surface area (Å²) in [4.78, 5) is 12.6. The third-order valence-corrected chi connectivity index (χ3v) is 6.12. The van der Waals surface area contributed by atoms with Crippen molar-refractivity contribution in [2.75, 3.05) is 31.7 Å². The summed E-state index contributed by atoms with van der Waals surface area (Å²) in [6.45, 7) is 5.46. The fourth-order valence-corrected chi connectivity index (χ4v) is 4.54. The second-order valence-electron chi connectivity index (χ2n) is 6.93. The van der Waals surface area contributed by atoms with Crippen molar-refractivity contribution in [1.82, 2.24) is 5.32 Å². The Hall–Kier alpha value is -2.58. The molecule has 0 bridgehead atoms. The molecule has 0 unspecified atom stereocenters. The lowest BCUT2D eigenvalue weighted by Gasteiger charge is -2.26. The molecule has 0 fully saturated rings. The number of methoxy groups -OCH3 is 2. The predicted molar refractivity (Wildman–Crippen MR) is 113 cm³/mol. The number of nitrogens with one attached hydrogen (secondary N) is 1. The molecule has 2 aromatic rings. The number of benzene rings is 2. The fraction of sp³-hybridized carbons (Fsp3) is 0.381. The van der Waals surface area contributed by atoms with Gasteiger partial charge in [0, 0.05) is 13.2 Å². The number of hydrogen-bond donors (Lipinski definition) is 1. The van der Waals surface area contributed by atoms with E-state index in [2.05, 4.69) is 5.32 Å². The largest absolute Gasteiger partial charge is 0.495 e. The van der Waals surface area contributed by atoms with E-state index in [4.69, 9.17) is 9.47 Å². The van der Waals surface area contributed by atoms with Crippen LogP contribution in [0.5, 0.6) is 5.75 Å². The maximum Gasteiger partial charge on any atom is 0.268 e. The Labute approximate surface area is 172 Å². The monoisotopic (exact) mass is 420 g/mol. The minimum absolute atomic E-state index is 0.0123. The summed E-state index contributed by atoms with van der Waals surface area (Å²) in [5, 5.41) is 2.75. The summed E-state index contributed by atoms with van der Waals surface area (Å²) >= 11 is 0.